The van der Waals surface area contributed by atoms with Gasteiger partial charge >= 0.3 is 7.12 Å². The minimum absolute atomic E-state index is 0.257. The summed E-state index contributed by atoms with van der Waals surface area (Å²) in [6, 6.07) is 8.64. The van der Waals surface area contributed by atoms with Gasteiger partial charge < -0.3 is 14.2 Å². The van der Waals surface area contributed by atoms with Crippen LogP contribution in [0.15, 0.2) is 24.3 Å². The summed E-state index contributed by atoms with van der Waals surface area (Å²) in [6.45, 7) is 10.7. The van der Waals surface area contributed by atoms with Gasteiger partial charge in [0.1, 0.15) is 0 Å². The third-order valence-electron chi connectivity index (χ3n) is 5.09. The Hall–Kier alpha value is -0.685. The molecule has 0 aliphatic carbocycles. The van der Waals surface area contributed by atoms with E-state index in [1.165, 1.54) is 31.6 Å². The predicted octanol–water partition coefficient (Wildman–Crippen LogP) is 3.07. The smallest absolute Gasteiger partial charge is 0.399 e. The second kappa shape index (κ2) is 8.13. The molecule has 0 saturated carbocycles. The largest absolute Gasteiger partial charge is 0.494 e. The van der Waals surface area contributed by atoms with Crippen LogP contribution in [0.2, 0.25) is 0 Å². The molecule has 6 heteroatoms. The van der Waals surface area contributed by atoms with E-state index in [-0.39, 0.29) is 18.3 Å². The Morgan fingerprint density at radius 3 is 1.88 bits per heavy atom. The van der Waals surface area contributed by atoms with Crippen LogP contribution in [0.1, 0.15) is 40.5 Å². The maximum absolute atomic E-state index is 6.08. The van der Waals surface area contributed by atoms with Crippen LogP contribution in [0.25, 0.3) is 0 Å². The number of benzene rings is 1. The predicted molar refractivity (Wildman–Crippen MR) is 106 cm³/mol. The first-order valence-corrected chi connectivity index (χ1v) is 9.93. The topological polar surface area (TPSA) is 33.7 Å². The van der Waals surface area contributed by atoms with E-state index in [0.717, 1.165) is 5.46 Å². The van der Waals surface area contributed by atoms with Crippen molar-refractivity contribution in [3.63, 3.8) is 0 Å². The van der Waals surface area contributed by atoms with Gasteiger partial charge in [-0.3, -0.25) is 4.72 Å². The molecule has 4 nitrogen and oxygen atoms in total. The third kappa shape index (κ3) is 4.48. The number of nitrogens with zero attached hydrogens (tertiary/aromatic N) is 1. The summed E-state index contributed by atoms with van der Waals surface area (Å²) in [7, 11) is 1.64. The quantitative estimate of drug-likeness (QED) is 0.669. The van der Waals surface area contributed by atoms with Crippen molar-refractivity contribution in [3.8, 4) is 0 Å². The van der Waals surface area contributed by atoms with Gasteiger partial charge in [0.25, 0.3) is 0 Å². The van der Waals surface area contributed by atoms with Gasteiger partial charge in [0.05, 0.1) is 11.2 Å². The van der Waals surface area contributed by atoms with Gasteiger partial charge in [0.2, 0.25) is 0 Å². The van der Waals surface area contributed by atoms with Gasteiger partial charge in [-0.15, -0.1) is 0 Å². The summed E-state index contributed by atoms with van der Waals surface area (Å²) in [5, 5.41) is 0. The number of hydrogen-bond donors (Lipinski definition) is 1. The molecule has 2 fully saturated rings. The highest BCUT2D eigenvalue weighted by Crippen LogP contribution is 2.36. The fourth-order valence-corrected chi connectivity index (χ4v) is 2.80. The van der Waals surface area contributed by atoms with Crippen molar-refractivity contribution < 1.29 is 9.31 Å². The lowest BCUT2D eigenvalue weighted by atomic mass is 9.79. The zero-order valence-electron chi connectivity index (χ0n) is 15.9. The molecule has 0 amide bonds. The van der Waals surface area contributed by atoms with Crippen molar-refractivity contribution in [2.45, 2.75) is 51.7 Å². The van der Waals surface area contributed by atoms with Crippen LogP contribution in [-0.4, -0.2) is 44.7 Å². The Bertz CT molecular complexity index is 498. The van der Waals surface area contributed by atoms with Crippen molar-refractivity contribution in [2.75, 3.05) is 31.3 Å². The average Bonchev–Trinajstić information content (AvgIpc) is 3.15. The molecular weight excluding hydrogens is 319 g/mol. The van der Waals surface area contributed by atoms with Gasteiger partial charge in [-0.05, 0) is 71.4 Å². The molecule has 0 aromatic heterocycles. The lowest BCUT2D eigenvalue weighted by molar-refractivity contribution is 0.00578. The van der Waals surface area contributed by atoms with Crippen molar-refractivity contribution >= 4 is 30.2 Å². The average molecular weight is 350 g/mol. The van der Waals surface area contributed by atoms with E-state index in [2.05, 4.69) is 61.6 Å². The fraction of sp³-hybridized carbons (Fsp3) is 0.667. The Morgan fingerprint density at radius 2 is 1.46 bits per heavy atom. The first kappa shape index (κ1) is 19.6. The molecule has 0 unspecified atom stereocenters. The van der Waals surface area contributed by atoms with E-state index in [1.807, 2.05) is 13.3 Å². The Labute approximate surface area is 151 Å². The summed E-state index contributed by atoms with van der Waals surface area (Å²) in [5.41, 5.74) is 1.87. The summed E-state index contributed by atoms with van der Waals surface area (Å²) in [6.07, 6.45) is 4.60. The lowest BCUT2D eigenvalue weighted by Crippen LogP contribution is -2.41. The Morgan fingerprint density at radius 1 is 1.00 bits per heavy atom. The van der Waals surface area contributed by atoms with E-state index >= 15 is 0 Å². The van der Waals surface area contributed by atoms with Gasteiger partial charge in [0.15, 0.2) is 0 Å². The number of rotatable bonds is 3. The van der Waals surface area contributed by atoms with Crippen LogP contribution in [-0.2, 0) is 9.31 Å². The molecular formula is C18H31BN2O2S. The van der Waals surface area contributed by atoms with Crippen LogP contribution < -0.4 is 15.1 Å². The highest BCUT2D eigenvalue weighted by Gasteiger charge is 2.51. The molecule has 3 rings (SSSR count). The summed E-state index contributed by atoms with van der Waals surface area (Å²) in [4.78, 5) is 2.44. The van der Waals surface area contributed by atoms with E-state index in [4.69, 9.17) is 9.31 Å². The molecule has 1 aromatic rings. The molecule has 1 aromatic carbocycles. The second-order valence-electron chi connectivity index (χ2n) is 7.28. The molecule has 0 atom stereocenters. The van der Waals surface area contributed by atoms with Gasteiger partial charge in [-0.2, -0.15) is 0 Å². The molecule has 2 saturated heterocycles. The molecule has 2 aliphatic rings. The fourth-order valence-electron chi connectivity index (χ4n) is 2.80. The lowest BCUT2D eigenvalue weighted by Gasteiger charge is -2.32. The van der Waals surface area contributed by atoms with Crippen LogP contribution >= 0.6 is 11.9 Å². The maximum Gasteiger partial charge on any atom is 0.494 e. The molecule has 0 spiro atoms. The van der Waals surface area contributed by atoms with Crippen molar-refractivity contribution in [1.29, 1.82) is 0 Å². The maximum atomic E-state index is 6.08. The minimum atomic E-state index is -0.273. The molecule has 2 heterocycles. The number of hydrogen-bond acceptors (Lipinski definition) is 5. The van der Waals surface area contributed by atoms with Gasteiger partial charge in [0, 0.05) is 18.8 Å². The number of anilines is 1. The second-order valence-corrected chi connectivity index (χ2v) is 8.10. The highest BCUT2D eigenvalue weighted by atomic mass is 32.2. The van der Waals surface area contributed by atoms with Crippen LogP contribution in [0.3, 0.4) is 0 Å². The molecule has 1 N–H and O–H groups in total. The van der Waals surface area contributed by atoms with E-state index in [0.29, 0.717) is 0 Å². The molecule has 0 bridgehead atoms. The first-order valence-electron chi connectivity index (χ1n) is 8.71. The van der Waals surface area contributed by atoms with E-state index < -0.39 is 0 Å². The van der Waals surface area contributed by atoms with Crippen molar-refractivity contribution in [2.24, 2.45) is 0 Å². The number of nitrogens with one attached hydrogen (secondary N) is 1. The van der Waals surface area contributed by atoms with E-state index in [9.17, 15) is 0 Å². The van der Waals surface area contributed by atoms with Crippen molar-refractivity contribution in [1.82, 2.24) is 4.72 Å². The summed E-state index contributed by atoms with van der Waals surface area (Å²) in [5.74, 6) is 0. The van der Waals surface area contributed by atoms with Crippen LogP contribution in [0, 0.1) is 0 Å². The van der Waals surface area contributed by atoms with Crippen molar-refractivity contribution in [3.05, 3.63) is 24.3 Å². The molecule has 0 radical (unpaired) electrons. The monoisotopic (exact) mass is 350 g/mol. The molecule has 2 aliphatic heterocycles. The standard InChI is InChI=1S/C16H24BNO2.C2H7NS/c1-15(2)16(3,4)20-17(19-15)13-7-9-14(10-8-13)18-11-5-6-12-18;1-3-4-2/h7-10H,5-6,11-12H2,1-4H3;3H,1-2H3. The summed E-state index contributed by atoms with van der Waals surface area (Å²) < 4.78 is 15.0. The first-order chi connectivity index (χ1) is 11.3. The minimum Gasteiger partial charge on any atom is -0.399 e. The zero-order chi connectivity index (χ0) is 17.8. The Kier molecular flexibility index (Phi) is 6.65. The van der Waals surface area contributed by atoms with E-state index in [1.54, 1.807) is 11.9 Å². The molecule has 24 heavy (non-hydrogen) atoms. The summed E-state index contributed by atoms with van der Waals surface area (Å²) >= 11 is 1.61. The SMILES string of the molecule is CC1(C)OB(c2ccc(N3CCCC3)cc2)OC1(C)C.CNSC. The van der Waals surface area contributed by atoms with Crippen LogP contribution in [0.4, 0.5) is 5.69 Å². The Balaban J connectivity index is 0.000000471. The van der Waals surface area contributed by atoms with Gasteiger partial charge in [-0.1, -0.05) is 24.1 Å². The zero-order valence-corrected chi connectivity index (χ0v) is 16.7. The third-order valence-corrected chi connectivity index (χ3v) is 5.50. The normalized spacial score (nSPS) is 21.6. The van der Waals surface area contributed by atoms with Gasteiger partial charge in [-0.25, -0.2) is 0 Å². The van der Waals surface area contributed by atoms with Crippen LogP contribution in [0.5, 0.6) is 0 Å². The molecule has 134 valence electrons. The highest BCUT2D eigenvalue weighted by molar-refractivity contribution is 7.96.